The fraction of sp³-hybridized carbons (Fsp3) is 0.392. The van der Waals surface area contributed by atoms with E-state index >= 15 is 0 Å². The van der Waals surface area contributed by atoms with Crippen molar-refractivity contribution in [2.45, 2.75) is 108 Å². The molecule has 17 N–H and O–H groups in total. The van der Waals surface area contributed by atoms with Gasteiger partial charge in [-0.2, -0.15) is 0 Å². The van der Waals surface area contributed by atoms with E-state index in [1.807, 2.05) is 86.6 Å². The normalized spacial score (nSPS) is 14.0. The number of carbonyl (C=O) groups excluding carboxylic acids is 5. The van der Waals surface area contributed by atoms with Crippen LogP contribution in [0.5, 0.6) is 0 Å². The van der Waals surface area contributed by atoms with Gasteiger partial charge in [-0.05, 0) is 92.3 Å². The van der Waals surface area contributed by atoms with Gasteiger partial charge >= 0.3 is 5.97 Å². The molecule has 3 heterocycles. The number of carbonyl (C=O) groups is 6. The van der Waals surface area contributed by atoms with Crippen LogP contribution < -0.4 is 49.5 Å². The van der Waals surface area contributed by atoms with E-state index in [4.69, 9.17) is 22.9 Å². The molecule has 6 atom stereocenters. The summed E-state index contributed by atoms with van der Waals surface area (Å²) in [4.78, 5) is 97.3. The van der Waals surface area contributed by atoms with Crippen LogP contribution >= 0.6 is 0 Å². The third-order valence-electron chi connectivity index (χ3n) is 12.4. The second-order valence-electron chi connectivity index (χ2n) is 18.3. The second-order valence-corrected chi connectivity index (χ2v) is 18.3. The number of H-pyrrole nitrogens is 3. The Hall–Kier alpha value is -7.71. The molecule has 0 aliphatic rings. The first kappa shape index (κ1) is 52.7. The summed E-state index contributed by atoms with van der Waals surface area (Å²) in [5.74, 6) is -4.95. The van der Waals surface area contributed by atoms with Crippen LogP contribution in [-0.4, -0.2) is 111 Å². The topological polar surface area (TPSA) is 347 Å². The first-order valence-corrected chi connectivity index (χ1v) is 24.0. The Labute approximate surface area is 411 Å². The lowest BCUT2D eigenvalue weighted by Crippen LogP contribution is -2.60. The Balaban J connectivity index is 1.22. The molecule has 378 valence electrons. The highest BCUT2D eigenvalue weighted by Crippen LogP contribution is 2.22. The lowest BCUT2D eigenvalue weighted by Gasteiger charge is -2.28. The number of hydrogen-bond donors (Lipinski definition) is 13. The fourth-order valence-corrected chi connectivity index (χ4v) is 8.69. The Morgan fingerprint density at radius 2 is 0.958 bits per heavy atom. The molecule has 20 nitrogen and oxygen atoms in total. The van der Waals surface area contributed by atoms with Crippen molar-refractivity contribution in [1.82, 2.24) is 41.5 Å². The van der Waals surface area contributed by atoms with Crippen LogP contribution in [0.3, 0.4) is 0 Å². The molecule has 5 amide bonds. The number of nitrogens with one attached hydrogen (secondary N) is 8. The van der Waals surface area contributed by atoms with E-state index in [2.05, 4.69) is 46.5 Å². The molecule has 0 saturated carbocycles. The van der Waals surface area contributed by atoms with Crippen molar-refractivity contribution >= 4 is 74.2 Å². The molecule has 3 aromatic carbocycles. The predicted octanol–water partition coefficient (Wildman–Crippen LogP) is 2.22. The zero-order valence-electron chi connectivity index (χ0n) is 40.1. The summed E-state index contributed by atoms with van der Waals surface area (Å²) in [6.45, 7) is 4.22. The zero-order chi connectivity index (χ0) is 51.0. The van der Waals surface area contributed by atoms with Crippen LogP contribution in [-0.2, 0) is 48.0 Å². The molecule has 0 radical (unpaired) electrons. The van der Waals surface area contributed by atoms with Crippen LogP contribution in [0.4, 0.5) is 0 Å². The summed E-state index contributed by atoms with van der Waals surface area (Å²) < 4.78 is 0. The van der Waals surface area contributed by atoms with Gasteiger partial charge in [-0.15, -0.1) is 0 Å². The average molecular weight is 974 g/mol. The van der Waals surface area contributed by atoms with Crippen LogP contribution in [0.25, 0.3) is 32.7 Å². The summed E-state index contributed by atoms with van der Waals surface area (Å²) in [5, 5.41) is 26.7. The minimum atomic E-state index is -1.37. The number of hydrogen-bond acceptors (Lipinski definition) is 9. The third kappa shape index (κ3) is 14.7. The first-order valence-electron chi connectivity index (χ1n) is 24.0. The lowest BCUT2D eigenvalue weighted by molar-refractivity contribution is -0.142. The van der Waals surface area contributed by atoms with E-state index in [1.165, 1.54) is 0 Å². The number of aromatic nitrogens is 3. The number of guanidine groups is 1. The lowest BCUT2D eigenvalue weighted by atomic mass is 9.99. The number of nitrogens with zero attached hydrogens (tertiary/aromatic N) is 1. The maximum absolute atomic E-state index is 14.6. The van der Waals surface area contributed by atoms with E-state index in [-0.39, 0.29) is 63.4 Å². The van der Waals surface area contributed by atoms with Gasteiger partial charge in [-0.25, -0.2) is 4.79 Å². The van der Waals surface area contributed by atoms with Crippen molar-refractivity contribution in [2.24, 2.45) is 33.8 Å². The van der Waals surface area contributed by atoms with Gasteiger partial charge in [0.25, 0.3) is 0 Å². The molecule has 3 aromatic heterocycles. The van der Waals surface area contributed by atoms with Crippen LogP contribution in [0.1, 0.15) is 69.1 Å². The molecule has 6 rings (SSSR count). The van der Waals surface area contributed by atoms with Crippen molar-refractivity contribution < 1.29 is 33.9 Å². The fourth-order valence-electron chi connectivity index (χ4n) is 8.69. The molecular weight excluding hydrogens is 907 g/mol. The maximum Gasteiger partial charge on any atom is 0.326 e. The molecular formula is C51H67N13O7. The number of nitrogens with two attached hydrogens (primary N) is 4. The van der Waals surface area contributed by atoms with Gasteiger partial charge in [-0.1, -0.05) is 68.4 Å². The summed E-state index contributed by atoms with van der Waals surface area (Å²) in [5.41, 5.74) is 28.0. The van der Waals surface area contributed by atoms with E-state index < -0.39 is 71.8 Å². The minimum Gasteiger partial charge on any atom is -0.480 e. The molecule has 0 aliphatic carbocycles. The van der Waals surface area contributed by atoms with Gasteiger partial charge in [0, 0.05) is 70.7 Å². The van der Waals surface area contributed by atoms with E-state index in [1.54, 1.807) is 18.6 Å². The van der Waals surface area contributed by atoms with Gasteiger partial charge < -0.3 is 69.6 Å². The summed E-state index contributed by atoms with van der Waals surface area (Å²) in [6, 6.07) is 15.2. The Morgan fingerprint density at radius 3 is 1.45 bits per heavy atom. The molecule has 0 aliphatic heterocycles. The molecule has 0 fully saturated rings. The molecule has 0 bridgehead atoms. The van der Waals surface area contributed by atoms with Gasteiger partial charge in [0.2, 0.25) is 29.5 Å². The number of benzene rings is 3. The van der Waals surface area contributed by atoms with Crippen LogP contribution in [0.2, 0.25) is 0 Å². The Kier molecular flexibility index (Phi) is 18.7. The number of carboxylic acid groups (broad SMARTS) is 1. The average Bonchev–Trinajstić information content (AvgIpc) is 4.08. The Morgan fingerprint density at radius 1 is 0.549 bits per heavy atom. The second kappa shape index (κ2) is 25.2. The van der Waals surface area contributed by atoms with Crippen molar-refractivity contribution in [3.63, 3.8) is 0 Å². The van der Waals surface area contributed by atoms with E-state index in [0.717, 1.165) is 38.3 Å². The van der Waals surface area contributed by atoms with E-state index in [0.29, 0.717) is 30.5 Å². The molecule has 6 aromatic rings. The SMILES string of the molecule is CC(C)C[C@H](NC(=O)[C@H](CCCCN)NC(=O)[C@@H](N)Cc1c[nH]c2ccccc12)C(=O)N[C@@H](Cc1c[nH]c2ccccc12)C(=O)N[C@@H](CCCN=C(N)N)C(=O)N[C@@H](Cc1c[nH]c2ccccc12)C(=O)O. The van der Waals surface area contributed by atoms with Gasteiger partial charge in [-0.3, -0.25) is 29.0 Å². The van der Waals surface area contributed by atoms with Gasteiger partial charge in [0.05, 0.1) is 6.04 Å². The third-order valence-corrected chi connectivity index (χ3v) is 12.4. The molecule has 0 spiro atoms. The largest absolute Gasteiger partial charge is 0.480 e. The van der Waals surface area contributed by atoms with Crippen molar-refractivity contribution in [2.75, 3.05) is 13.1 Å². The number of aliphatic imine (C=N–C) groups is 1. The smallest absolute Gasteiger partial charge is 0.326 e. The Bertz CT molecular complexity index is 2810. The quantitative estimate of drug-likeness (QED) is 0.0202. The molecule has 20 heteroatoms. The number of amides is 5. The van der Waals surface area contributed by atoms with E-state index in [9.17, 15) is 33.9 Å². The number of aliphatic carboxylic acids is 1. The highest BCUT2D eigenvalue weighted by Gasteiger charge is 2.34. The van der Waals surface area contributed by atoms with Crippen molar-refractivity contribution in [3.05, 3.63) is 108 Å². The summed E-state index contributed by atoms with van der Waals surface area (Å²) in [7, 11) is 0. The molecule has 0 saturated heterocycles. The number of unbranched alkanes of at least 4 members (excludes halogenated alkanes) is 1. The van der Waals surface area contributed by atoms with Gasteiger partial charge in [0.15, 0.2) is 5.96 Å². The number of rotatable bonds is 27. The zero-order valence-corrected chi connectivity index (χ0v) is 40.1. The summed E-state index contributed by atoms with van der Waals surface area (Å²) >= 11 is 0. The first-order chi connectivity index (χ1) is 34.1. The number of para-hydroxylation sites is 3. The van der Waals surface area contributed by atoms with Crippen molar-refractivity contribution in [3.8, 4) is 0 Å². The van der Waals surface area contributed by atoms with Crippen LogP contribution in [0.15, 0.2) is 96.4 Å². The monoisotopic (exact) mass is 974 g/mol. The maximum atomic E-state index is 14.6. The molecule has 71 heavy (non-hydrogen) atoms. The highest BCUT2D eigenvalue weighted by molar-refractivity contribution is 5.97. The summed E-state index contributed by atoms with van der Waals surface area (Å²) in [6.07, 6.45) is 6.98. The van der Waals surface area contributed by atoms with Gasteiger partial charge in [0.1, 0.15) is 30.2 Å². The number of carboxylic acids is 1. The van der Waals surface area contributed by atoms with Crippen molar-refractivity contribution in [1.29, 1.82) is 0 Å². The highest BCUT2D eigenvalue weighted by atomic mass is 16.4. The standard InChI is InChI=1S/C51H67N13O7/c1-29(2)22-42(62-46(66)40(18-9-10-20-52)60-45(65)36(53)23-30-26-57-37-15-6-3-12-33(30)37)48(68)63-43(24-31-27-58-38-16-7-4-13-34(31)38)49(69)61-41(19-11-21-56-51(54)55)47(67)64-44(50(70)71)25-32-28-59-39-17-8-5-14-35(32)39/h3-8,12-17,26-29,36,40-44,57-59H,9-11,18-25,52-53H2,1-2H3,(H,60,65)(H,61,69)(H,62,66)(H,63,68)(H,64,67)(H,70,71)(H4,54,55,56)/t36-,40-,41-,42-,43-,44-/m0/s1. The molecule has 0 unspecified atom stereocenters. The van der Waals surface area contributed by atoms with Crippen LogP contribution in [0, 0.1) is 5.92 Å². The minimum absolute atomic E-state index is 0.00371. The number of aromatic amines is 3. The predicted molar refractivity (Wildman–Crippen MR) is 274 cm³/mol. The number of fused-ring (bicyclic) bond motifs is 3.